The Morgan fingerprint density at radius 3 is 2.84 bits per heavy atom. The number of hydrogen-bond acceptors (Lipinski definition) is 4. The van der Waals surface area contributed by atoms with E-state index in [2.05, 4.69) is 57.6 Å². The smallest absolute Gasteiger partial charge is 0.140 e. The molecule has 0 saturated carbocycles. The van der Waals surface area contributed by atoms with Crippen LogP contribution in [0.1, 0.15) is 24.3 Å². The Kier molecular flexibility index (Phi) is 4.16. The summed E-state index contributed by atoms with van der Waals surface area (Å²) >= 11 is 5.33. The maximum Gasteiger partial charge on any atom is 0.140 e. The van der Waals surface area contributed by atoms with Crippen molar-refractivity contribution in [3.63, 3.8) is 0 Å². The third-order valence-corrected chi connectivity index (χ3v) is 5.40. The van der Waals surface area contributed by atoms with Gasteiger partial charge in [0, 0.05) is 16.8 Å². The van der Waals surface area contributed by atoms with Crippen LogP contribution < -0.4 is 11.1 Å². The number of nitrogens with two attached hydrogens (primary N) is 1. The zero-order chi connectivity index (χ0) is 14.0. The summed E-state index contributed by atoms with van der Waals surface area (Å²) in [6, 6.07) is 4.26. The maximum absolute atomic E-state index is 5.83. The second-order valence-corrected chi connectivity index (χ2v) is 6.96. The lowest BCUT2D eigenvalue weighted by molar-refractivity contribution is 0.568. The van der Waals surface area contributed by atoms with Gasteiger partial charge >= 0.3 is 0 Å². The highest BCUT2D eigenvalue weighted by atomic mass is 79.9. The van der Waals surface area contributed by atoms with Crippen LogP contribution in [0.5, 0.6) is 0 Å². The summed E-state index contributed by atoms with van der Waals surface area (Å²) in [5, 5.41) is 5.51. The molecule has 0 bridgehead atoms. The van der Waals surface area contributed by atoms with Gasteiger partial charge in [-0.2, -0.15) is 0 Å². The highest BCUT2D eigenvalue weighted by molar-refractivity contribution is 9.10. The van der Waals surface area contributed by atoms with Gasteiger partial charge in [0.05, 0.1) is 16.4 Å². The van der Waals surface area contributed by atoms with E-state index in [9.17, 15) is 0 Å². The van der Waals surface area contributed by atoms with Crippen LogP contribution in [0, 0.1) is 6.92 Å². The molecule has 0 spiro atoms. The average Bonchev–Trinajstić information content (AvgIpc) is 2.90. The van der Waals surface area contributed by atoms with Crippen LogP contribution in [0.4, 0.5) is 11.5 Å². The molecule has 3 nitrogen and oxygen atoms in total. The number of nitrogen functional groups attached to an aromatic ring is 1. The zero-order valence-corrected chi connectivity index (χ0v) is 13.7. The fourth-order valence-corrected chi connectivity index (χ4v) is 3.09. The van der Waals surface area contributed by atoms with Crippen LogP contribution in [-0.4, -0.2) is 11.5 Å². The van der Waals surface area contributed by atoms with Crippen molar-refractivity contribution in [2.75, 3.05) is 17.6 Å². The second kappa shape index (κ2) is 5.51. The number of rotatable bonds is 4. The molecule has 19 heavy (non-hydrogen) atoms. The van der Waals surface area contributed by atoms with Gasteiger partial charge in [-0.3, -0.25) is 0 Å². The number of pyridine rings is 1. The fourth-order valence-electron chi connectivity index (χ4n) is 1.77. The molecule has 2 aromatic heterocycles. The first-order valence-electron chi connectivity index (χ1n) is 6.10. The number of nitrogens with one attached hydrogen (secondary N) is 1. The predicted octanol–water partition coefficient (Wildman–Crippen LogP) is 4.19. The summed E-state index contributed by atoms with van der Waals surface area (Å²) in [7, 11) is 0. The fraction of sp³-hybridized carbons (Fsp3) is 0.357. The lowest BCUT2D eigenvalue weighted by Crippen LogP contribution is -2.27. The Morgan fingerprint density at radius 2 is 2.21 bits per heavy atom. The van der Waals surface area contributed by atoms with Crippen LogP contribution >= 0.6 is 27.3 Å². The monoisotopic (exact) mass is 339 g/mol. The van der Waals surface area contributed by atoms with E-state index in [1.807, 2.05) is 6.92 Å². The molecular weight excluding hydrogens is 322 g/mol. The molecule has 0 saturated heterocycles. The number of halogens is 1. The number of nitrogens with zero attached hydrogens (tertiary/aromatic N) is 1. The summed E-state index contributed by atoms with van der Waals surface area (Å²) in [6.45, 7) is 7.26. The molecule has 0 aliphatic heterocycles. The van der Waals surface area contributed by atoms with Crippen LogP contribution in [0.25, 0.3) is 0 Å². The van der Waals surface area contributed by atoms with Gasteiger partial charge in [0.1, 0.15) is 5.82 Å². The molecule has 0 aliphatic rings. The van der Waals surface area contributed by atoms with Crippen LogP contribution in [0.2, 0.25) is 0 Å². The summed E-state index contributed by atoms with van der Waals surface area (Å²) in [6.07, 6.45) is 1.70. The summed E-state index contributed by atoms with van der Waals surface area (Å²) < 4.78 is 0.939. The summed E-state index contributed by atoms with van der Waals surface area (Å²) in [5.41, 5.74) is 7.63. The molecule has 0 aromatic carbocycles. The number of thiophene rings is 1. The molecule has 0 unspecified atom stereocenters. The van der Waals surface area contributed by atoms with Crippen LogP contribution in [0.15, 0.2) is 28.2 Å². The van der Waals surface area contributed by atoms with Crippen LogP contribution in [-0.2, 0) is 5.41 Å². The molecule has 3 N–H and O–H groups in total. The molecule has 102 valence electrons. The quantitative estimate of drug-likeness (QED) is 0.878. The first-order valence-corrected chi connectivity index (χ1v) is 7.77. The summed E-state index contributed by atoms with van der Waals surface area (Å²) in [5.74, 6) is 0.844. The number of aromatic nitrogens is 1. The van der Waals surface area contributed by atoms with E-state index >= 15 is 0 Å². The standard InChI is InChI=1S/C14H18BrN3S/c1-9-10(16)7-17-13(12(9)15)18-8-14(2,3)11-5-4-6-19-11/h4-7H,8,16H2,1-3H3,(H,17,18). The highest BCUT2D eigenvalue weighted by Crippen LogP contribution is 2.31. The van der Waals surface area contributed by atoms with Gasteiger partial charge in [0.25, 0.3) is 0 Å². The van der Waals surface area contributed by atoms with Crippen molar-refractivity contribution in [2.24, 2.45) is 0 Å². The van der Waals surface area contributed by atoms with Gasteiger partial charge in [0.2, 0.25) is 0 Å². The molecule has 0 aliphatic carbocycles. The molecular formula is C14H18BrN3S. The van der Waals surface area contributed by atoms with Crippen molar-refractivity contribution >= 4 is 38.8 Å². The van der Waals surface area contributed by atoms with Crippen molar-refractivity contribution in [2.45, 2.75) is 26.2 Å². The lowest BCUT2D eigenvalue weighted by atomic mass is 9.91. The van der Waals surface area contributed by atoms with Crippen molar-refractivity contribution in [3.8, 4) is 0 Å². The SMILES string of the molecule is Cc1c(N)cnc(NCC(C)(C)c2cccs2)c1Br. The van der Waals surface area contributed by atoms with Crippen molar-refractivity contribution in [1.82, 2.24) is 4.98 Å². The molecule has 0 radical (unpaired) electrons. The van der Waals surface area contributed by atoms with E-state index in [1.54, 1.807) is 17.5 Å². The lowest BCUT2D eigenvalue weighted by Gasteiger charge is -2.24. The normalized spacial score (nSPS) is 11.6. The first-order chi connectivity index (χ1) is 8.92. The Morgan fingerprint density at radius 1 is 1.47 bits per heavy atom. The molecule has 0 atom stereocenters. The molecule has 0 fully saturated rings. The minimum absolute atomic E-state index is 0.0740. The minimum Gasteiger partial charge on any atom is -0.397 e. The molecule has 0 amide bonds. The van der Waals surface area contributed by atoms with E-state index in [0.717, 1.165) is 22.4 Å². The Balaban J connectivity index is 2.13. The van der Waals surface area contributed by atoms with E-state index in [4.69, 9.17) is 5.73 Å². The topological polar surface area (TPSA) is 50.9 Å². The third kappa shape index (κ3) is 3.09. The molecule has 2 heterocycles. The Labute approximate surface area is 126 Å². The van der Waals surface area contributed by atoms with E-state index in [0.29, 0.717) is 5.69 Å². The highest BCUT2D eigenvalue weighted by Gasteiger charge is 2.22. The Bertz CT molecular complexity index is 564. The first kappa shape index (κ1) is 14.3. The largest absolute Gasteiger partial charge is 0.397 e. The van der Waals surface area contributed by atoms with Crippen molar-refractivity contribution in [1.29, 1.82) is 0 Å². The van der Waals surface area contributed by atoms with Gasteiger partial charge in [-0.1, -0.05) is 19.9 Å². The van der Waals surface area contributed by atoms with Crippen LogP contribution in [0.3, 0.4) is 0 Å². The third-order valence-electron chi connectivity index (χ3n) is 3.19. The van der Waals surface area contributed by atoms with E-state index in [1.165, 1.54) is 4.88 Å². The molecule has 5 heteroatoms. The summed E-state index contributed by atoms with van der Waals surface area (Å²) in [4.78, 5) is 5.71. The van der Waals surface area contributed by atoms with E-state index < -0.39 is 0 Å². The maximum atomic E-state index is 5.83. The van der Waals surface area contributed by atoms with Crippen molar-refractivity contribution in [3.05, 3.63) is 38.6 Å². The molecule has 2 rings (SSSR count). The van der Waals surface area contributed by atoms with Gasteiger partial charge in [-0.15, -0.1) is 11.3 Å². The van der Waals surface area contributed by atoms with Gasteiger partial charge in [-0.05, 0) is 39.9 Å². The number of anilines is 2. The average molecular weight is 340 g/mol. The minimum atomic E-state index is 0.0740. The van der Waals surface area contributed by atoms with E-state index in [-0.39, 0.29) is 5.41 Å². The zero-order valence-electron chi connectivity index (χ0n) is 11.3. The predicted molar refractivity (Wildman–Crippen MR) is 86.9 cm³/mol. The van der Waals surface area contributed by atoms with Gasteiger partial charge in [0.15, 0.2) is 0 Å². The Hall–Kier alpha value is -1.07. The second-order valence-electron chi connectivity index (χ2n) is 5.22. The van der Waals surface area contributed by atoms with Gasteiger partial charge in [-0.25, -0.2) is 4.98 Å². The van der Waals surface area contributed by atoms with Gasteiger partial charge < -0.3 is 11.1 Å². The van der Waals surface area contributed by atoms with Crippen molar-refractivity contribution < 1.29 is 0 Å². The molecule has 2 aromatic rings. The number of hydrogen-bond donors (Lipinski definition) is 2.